The number of hydrogen-bond acceptors (Lipinski definition) is 5. The van der Waals surface area contributed by atoms with Gasteiger partial charge in [0.15, 0.2) is 6.10 Å². The fraction of sp³-hybridized carbons (Fsp3) is 0.200. The molecule has 1 aromatic heterocycles. The second-order valence-corrected chi connectivity index (χ2v) is 8.11. The number of esters is 1. The van der Waals surface area contributed by atoms with Gasteiger partial charge in [0.2, 0.25) is 10.0 Å². The molecule has 0 fully saturated rings. The Morgan fingerprint density at radius 2 is 1.83 bits per heavy atom. The van der Waals surface area contributed by atoms with Crippen LogP contribution < -0.4 is 10.5 Å². The number of sulfonamides is 1. The van der Waals surface area contributed by atoms with Crippen molar-refractivity contribution in [1.82, 2.24) is 10.3 Å². The van der Waals surface area contributed by atoms with E-state index in [1.165, 1.54) is 19.1 Å². The molecule has 3 aromatic rings. The number of fused-ring (bicyclic) bond motifs is 1. The first kappa shape index (κ1) is 20.6. The average Bonchev–Trinajstić information content (AvgIpc) is 3.12. The molecule has 0 radical (unpaired) electrons. The van der Waals surface area contributed by atoms with Crippen LogP contribution in [0.15, 0.2) is 59.5 Å². The Labute approximate surface area is 168 Å². The van der Waals surface area contributed by atoms with Gasteiger partial charge >= 0.3 is 5.97 Å². The third-order valence-corrected chi connectivity index (χ3v) is 5.30. The summed E-state index contributed by atoms with van der Waals surface area (Å²) in [5.41, 5.74) is 1.92. The van der Waals surface area contributed by atoms with Gasteiger partial charge in [0.05, 0.1) is 4.90 Å². The molecule has 0 saturated heterocycles. The van der Waals surface area contributed by atoms with Crippen molar-refractivity contribution in [2.24, 2.45) is 5.14 Å². The fourth-order valence-electron chi connectivity index (χ4n) is 2.78. The van der Waals surface area contributed by atoms with Crippen molar-refractivity contribution in [1.29, 1.82) is 0 Å². The quantitative estimate of drug-likeness (QED) is 0.506. The number of H-pyrrole nitrogens is 1. The first-order valence-corrected chi connectivity index (χ1v) is 10.5. The Balaban J connectivity index is 1.49. The molecule has 0 aliphatic rings. The van der Waals surface area contributed by atoms with E-state index >= 15 is 0 Å². The summed E-state index contributed by atoms with van der Waals surface area (Å²) in [6.07, 6.45) is -0.474. The highest BCUT2D eigenvalue weighted by atomic mass is 32.2. The lowest BCUT2D eigenvalue weighted by Crippen LogP contribution is -2.37. The highest BCUT2D eigenvalue weighted by Crippen LogP contribution is 2.15. The second kappa shape index (κ2) is 8.46. The number of carbonyl (C=O) groups excluding carboxylic acids is 2. The van der Waals surface area contributed by atoms with Crippen LogP contribution in [0.25, 0.3) is 10.9 Å². The molecule has 152 valence electrons. The second-order valence-electron chi connectivity index (χ2n) is 6.55. The summed E-state index contributed by atoms with van der Waals surface area (Å²) in [7, 11) is -3.73. The van der Waals surface area contributed by atoms with E-state index in [0.717, 1.165) is 16.5 Å². The molecule has 0 bridgehead atoms. The van der Waals surface area contributed by atoms with Crippen molar-refractivity contribution < 1.29 is 22.7 Å². The number of aromatic nitrogens is 1. The zero-order valence-corrected chi connectivity index (χ0v) is 16.5. The van der Waals surface area contributed by atoms with Gasteiger partial charge in [-0.25, -0.2) is 18.4 Å². The zero-order chi connectivity index (χ0) is 21.0. The van der Waals surface area contributed by atoms with Gasteiger partial charge in [-0.1, -0.05) is 30.3 Å². The number of para-hydroxylation sites is 1. The number of benzene rings is 2. The largest absolute Gasteiger partial charge is 0.448 e. The van der Waals surface area contributed by atoms with Crippen LogP contribution in [0.4, 0.5) is 0 Å². The number of primary sulfonamides is 1. The summed E-state index contributed by atoms with van der Waals surface area (Å²) in [4.78, 5) is 27.4. The van der Waals surface area contributed by atoms with E-state index in [9.17, 15) is 18.0 Å². The van der Waals surface area contributed by atoms with E-state index in [1.54, 1.807) is 18.2 Å². The Kier molecular flexibility index (Phi) is 6.00. The summed E-state index contributed by atoms with van der Waals surface area (Å²) in [6.45, 7) is 1.80. The van der Waals surface area contributed by atoms with Gasteiger partial charge in [0.25, 0.3) is 5.91 Å². The van der Waals surface area contributed by atoms with Crippen LogP contribution in [-0.4, -0.2) is 37.9 Å². The van der Waals surface area contributed by atoms with Crippen LogP contribution in [0.1, 0.15) is 23.0 Å². The van der Waals surface area contributed by atoms with Crippen molar-refractivity contribution in [3.63, 3.8) is 0 Å². The van der Waals surface area contributed by atoms with Crippen LogP contribution in [0, 0.1) is 0 Å². The summed E-state index contributed by atoms with van der Waals surface area (Å²) in [5.74, 6) is -1.03. The molecule has 9 heteroatoms. The first-order chi connectivity index (χ1) is 13.7. The lowest BCUT2D eigenvalue weighted by molar-refractivity contribution is -0.129. The predicted molar refractivity (Wildman–Crippen MR) is 108 cm³/mol. The molecule has 1 heterocycles. The molecule has 3 rings (SSSR count). The monoisotopic (exact) mass is 415 g/mol. The number of aromatic amines is 1. The lowest BCUT2D eigenvalue weighted by Gasteiger charge is -2.13. The minimum absolute atomic E-state index is 0.0304. The predicted octanol–water partition coefficient (Wildman–Crippen LogP) is 1.72. The van der Waals surface area contributed by atoms with Crippen LogP contribution in [0.2, 0.25) is 0 Å². The third kappa shape index (κ3) is 5.21. The number of carbonyl (C=O) groups is 2. The van der Waals surface area contributed by atoms with Crippen LogP contribution >= 0.6 is 0 Å². The number of amides is 1. The molecule has 0 aliphatic heterocycles. The van der Waals surface area contributed by atoms with E-state index in [2.05, 4.69) is 10.3 Å². The summed E-state index contributed by atoms with van der Waals surface area (Å²) in [6, 6.07) is 15.2. The number of hydrogen-bond donors (Lipinski definition) is 3. The number of rotatable bonds is 7. The van der Waals surface area contributed by atoms with Crippen molar-refractivity contribution in [3.8, 4) is 0 Å². The Bertz CT molecular complexity index is 1100. The number of nitrogens with two attached hydrogens (primary N) is 1. The summed E-state index contributed by atoms with van der Waals surface area (Å²) >= 11 is 0. The lowest BCUT2D eigenvalue weighted by atomic mass is 10.1. The minimum Gasteiger partial charge on any atom is -0.448 e. The van der Waals surface area contributed by atoms with Crippen molar-refractivity contribution in [2.45, 2.75) is 24.3 Å². The van der Waals surface area contributed by atoms with E-state index in [1.807, 2.05) is 24.3 Å². The molecule has 0 unspecified atom stereocenters. The van der Waals surface area contributed by atoms with Crippen molar-refractivity contribution in [3.05, 3.63) is 65.9 Å². The molecule has 4 N–H and O–H groups in total. The topological polar surface area (TPSA) is 131 Å². The van der Waals surface area contributed by atoms with E-state index < -0.39 is 28.0 Å². The SMILES string of the molecule is C[C@@H](OC(=O)c1cc2ccccc2[nH]1)C(=O)NCCc1ccc(S(N)(=O)=O)cc1. The molecule has 0 spiro atoms. The molecule has 8 nitrogen and oxygen atoms in total. The Morgan fingerprint density at radius 1 is 1.14 bits per heavy atom. The number of nitrogens with one attached hydrogen (secondary N) is 2. The van der Waals surface area contributed by atoms with Gasteiger partial charge in [-0.3, -0.25) is 4.79 Å². The molecule has 0 saturated carbocycles. The zero-order valence-electron chi connectivity index (χ0n) is 15.7. The van der Waals surface area contributed by atoms with Crippen molar-refractivity contribution in [2.75, 3.05) is 6.54 Å². The van der Waals surface area contributed by atoms with Gasteiger partial charge in [0.1, 0.15) is 5.69 Å². The van der Waals surface area contributed by atoms with Crippen LogP contribution in [0.5, 0.6) is 0 Å². The fourth-order valence-corrected chi connectivity index (χ4v) is 3.30. The molecular formula is C20H21N3O5S. The van der Waals surface area contributed by atoms with E-state index in [-0.39, 0.29) is 10.6 Å². The van der Waals surface area contributed by atoms with Crippen molar-refractivity contribution >= 4 is 32.8 Å². The Morgan fingerprint density at radius 3 is 2.48 bits per heavy atom. The maximum absolute atomic E-state index is 12.2. The summed E-state index contributed by atoms with van der Waals surface area (Å²) in [5, 5.41) is 8.62. The molecular weight excluding hydrogens is 394 g/mol. The highest BCUT2D eigenvalue weighted by molar-refractivity contribution is 7.89. The van der Waals surface area contributed by atoms with Gasteiger partial charge < -0.3 is 15.0 Å². The summed E-state index contributed by atoms with van der Waals surface area (Å²) < 4.78 is 27.7. The molecule has 2 aromatic carbocycles. The Hall–Kier alpha value is -3.17. The smallest absolute Gasteiger partial charge is 0.355 e. The highest BCUT2D eigenvalue weighted by Gasteiger charge is 2.20. The maximum atomic E-state index is 12.2. The maximum Gasteiger partial charge on any atom is 0.355 e. The minimum atomic E-state index is -3.73. The van der Waals surface area contributed by atoms with Crippen LogP contribution in [0.3, 0.4) is 0 Å². The van der Waals surface area contributed by atoms with Gasteiger partial charge in [-0.15, -0.1) is 0 Å². The molecule has 0 aliphatic carbocycles. The van der Waals surface area contributed by atoms with Crippen LogP contribution in [-0.2, 0) is 26.0 Å². The molecule has 1 atom stereocenters. The van der Waals surface area contributed by atoms with Gasteiger partial charge in [0, 0.05) is 17.4 Å². The first-order valence-electron chi connectivity index (χ1n) is 8.92. The third-order valence-electron chi connectivity index (χ3n) is 4.37. The van der Waals surface area contributed by atoms with Gasteiger partial charge in [-0.05, 0) is 43.2 Å². The van der Waals surface area contributed by atoms with E-state index in [0.29, 0.717) is 13.0 Å². The van der Waals surface area contributed by atoms with Gasteiger partial charge in [-0.2, -0.15) is 0 Å². The molecule has 29 heavy (non-hydrogen) atoms. The average molecular weight is 415 g/mol. The standard InChI is InChI=1S/C20H21N3O5S/c1-13(28-20(25)18-12-15-4-2-3-5-17(15)23-18)19(24)22-11-10-14-6-8-16(9-7-14)29(21,26)27/h2-9,12-13,23H,10-11H2,1H3,(H,22,24)(H2,21,26,27)/t13-/m1/s1. The van der Waals surface area contributed by atoms with E-state index in [4.69, 9.17) is 9.88 Å². The normalized spacial score (nSPS) is 12.5. The molecule has 1 amide bonds. The number of ether oxygens (including phenoxy) is 1.